The summed E-state index contributed by atoms with van der Waals surface area (Å²) < 4.78 is 42.3. The van der Waals surface area contributed by atoms with E-state index in [1.54, 1.807) is 18.2 Å². The summed E-state index contributed by atoms with van der Waals surface area (Å²) in [5, 5.41) is 0. The Balaban J connectivity index is 1.41. The molecule has 0 saturated heterocycles. The third-order valence-corrected chi connectivity index (χ3v) is 7.59. The number of rotatable bonds is 6. The van der Waals surface area contributed by atoms with Crippen LogP contribution in [0.1, 0.15) is 85.5 Å². The molecule has 2 aromatic rings. The maximum absolute atomic E-state index is 14.7. The van der Waals surface area contributed by atoms with E-state index >= 15 is 0 Å². The maximum atomic E-state index is 14.7. The zero-order valence-corrected chi connectivity index (χ0v) is 18.7. The molecule has 2 aliphatic carbocycles. The highest BCUT2D eigenvalue weighted by Crippen LogP contribution is 2.38. The predicted octanol–water partition coefficient (Wildman–Crippen LogP) is 8.84. The van der Waals surface area contributed by atoms with Gasteiger partial charge in [-0.15, -0.1) is 6.58 Å². The minimum Gasteiger partial charge on any atom is -0.251 e. The first-order valence-electron chi connectivity index (χ1n) is 12.0. The largest absolute Gasteiger partial charge is 0.251 e. The van der Waals surface area contributed by atoms with E-state index in [0.717, 1.165) is 68.1 Å². The molecule has 2 aliphatic rings. The molecule has 0 spiro atoms. The minimum absolute atomic E-state index is 0.139. The number of halogens is 3. The van der Waals surface area contributed by atoms with Gasteiger partial charge in [-0.05, 0) is 104 Å². The third kappa shape index (κ3) is 5.36. The second-order valence-corrected chi connectivity index (χ2v) is 9.61. The molecule has 3 heteroatoms. The van der Waals surface area contributed by atoms with Crippen LogP contribution in [0.25, 0.3) is 12.2 Å². The summed E-state index contributed by atoms with van der Waals surface area (Å²) in [6, 6.07) is 10.8. The van der Waals surface area contributed by atoms with Crippen LogP contribution in [0.2, 0.25) is 0 Å². The summed E-state index contributed by atoms with van der Waals surface area (Å²) in [5.74, 6) is 0.867. The Labute approximate surface area is 190 Å². The second-order valence-electron chi connectivity index (χ2n) is 9.61. The van der Waals surface area contributed by atoms with E-state index in [0.29, 0.717) is 17.4 Å². The van der Waals surface area contributed by atoms with Gasteiger partial charge in [0.1, 0.15) is 11.6 Å². The molecular formula is C29H33F3. The van der Waals surface area contributed by atoms with Gasteiger partial charge in [-0.25, -0.2) is 8.78 Å². The minimum atomic E-state index is -0.271. The first-order chi connectivity index (χ1) is 15.6. The van der Waals surface area contributed by atoms with Crippen LogP contribution in [0.3, 0.4) is 0 Å². The highest BCUT2D eigenvalue weighted by Gasteiger charge is 2.24. The average molecular weight is 439 g/mol. The highest BCUT2D eigenvalue weighted by molar-refractivity contribution is 5.70. The van der Waals surface area contributed by atoms with E-state index in [9.17, 15) is 13.2 Å². The topological polar surface area (TPSA) is 0 Å². The van der Waals surface area contributed by atoms with Crippen LogP contribution in [-0.4, -0.2) is 6.67 Å². The van der Waals surface area contributed by atoms with E-state index in [1.165, 1.54) is 6.07 Å². The molecule has 0 N–H and O–H groups in total. The molecule has 0 radical (unpaired) electrons. The fourth-order valence-corrected chi connectivity index (χ4v) is 5.41. The Kier molecular flexibility index (Phi) is 7.55. The summed E-state index contributed by atoms with van der Waals surface area (Å²) in [6.07, 6.45) is 13.2. The van der Waals surface area contributed by atoms with Crippen molar-refractivity contribution in [3.63, 3.8) is 0 Å². The Morgan fingerprint density at radius 1 is 0.781 bits per heavy atom. The van der Waals surface area contributed by atoms with Crippen molar-refractivity contribution >= 4 is 12.2 Å². The van der Waals surface area contributed by atoms with Gasteiger partial charge in [-0.1, -0.05) is 42.5 Å². The number of hydrogen-bond acceptors (Lipinski definition) is 0. The van der Waals surface area contributed by atoms with Crippen molar-refractivity contribution in [1.82, 2.24) is 0 Å². The van der Waals surface area contributed by atoms with Crippen molar-refractivity contribution in [2.75, 3.05) is 6.67 Å². The Morgan fingerprint density at radius 3 is 2.12 bits per heavy atom. The quantitative estimate of drug-likeness (QED) is 0.312. The monoisotopic (exact) mass is 438 g/mol. The normalized spacial score (nSPS) is 26.3. The average Bonchev–Trinajstić information content (AvgIpc) is 2.83. The van der Waals surface area contributed by atoms with Gasteiger partial charge in [0.05, 0.1) is 6.67 Å². The van der Waals surface area contributed by atoms with Crippen LogP contribution in [-0.2, 0) is 0 Å². The van der Waals surface area contributed by atoms with Crippen LogP contribution in [0.5, 0.6) is 0 Å². The van der Waals surface area contributed by atoms with Crippen LogP contribution < -0.4 is 0 Å². The van der Waals surface area contributed by atoms with Crippen molar-refractivity contribution in [2.24, 2.45) is 11.8 Å². The summed E-state index contributed by atoms with van der Waals surface area (Å²) in [4.78, 5) is 0. The maximum Gasteiger partial charge on any atom is 0.130 e. The van der Waals surface area contributed by atoms with E-state index in [1.807, 2.05) is 30.3 Å². The molecule has 0 atom stereocenters. The van der Waals surface area contributed by atoms with E-state index < -0.39 is 0 Å². The van der Waals surface area contributed by atoms with Crippen molar-refractivity contribution in [2.45, 2.75) is 63.2 Å². The molecule has 4 rings (SSSR count). The smallest absolute Gasteiger partial charge is 0.130 e. The first-order valence-corrected chi connectivity index (χ1v) is 12.0. The van der Waals surface area contributed by atoms with E-state index in [4.69, 9.17) is 0 Å². The van der Waals surface area contributed by atoms with Crippen molar-refractivity contribution in [3.05, 3.63) is 82.9 Å². The molecule has 0 amide bonds. The van der Waals surface area contributed by atoms with Crippen LogP contribution in [0.4, 0.5) is 13.2 Å². The Hall–Kier alpha value is -2.29. The first kappa shape index (κ1) is 22.9. The van der Waals surface area contributed by atoms with Crippen molar-refractivity contribution < 1.29 is 13.2 Å². The molecule has 2 fully saturated rings. The fourth-order valence-electron chi connectivity index (χ4n) is 5.41. The number of benzene rings is 2. The van der Waals surface area contributed by atoms with Crippen LogP contribution in [0.15, 0.2) is 49.1 Å². The zero-order chi connectivity index (χ0) is 22.5. The number of alkyl halides is 1. The lowest BCUT2D eigenvalue weighted by Gasteiger charge is -2.27. The molecule has 0 aliphatic heterocycles. The van der Waals surface area contributed by atoms with E-state index in [2.05, 4.69) is 6.58 Å². The van der Waals surface area contributed by atoms with Crippen LogP contribution >= 0.6 is 0 Å². The predicted molar refractivity (Wildman–Crippen MR) is 127 cm³/mol. The van der Waals surface area contributed by atoms with Gasteiger partial charge in [-0.3, -0.25) is 4.39 Å². The van der Waals surface area contributed by atoms with Gasteiger partial charge < -0.3 is 0 Å². The lowest BCUT2D eigenvalue weighted by Crippen LogP contribution is -2.15. The van der Waals surface area contributed by atoms with Gasteiger partial charge in [0.25, 0.3) is 0 Å². The lowest BCUT2D eigenvalue weighted by molar-refractivity contribution is 0.261. The van der Waals surface area contributed by atoms with Gasteiger partial charge >= 0.3 is 0 Å². The summed E-state index contributed by atoms with van der Waals surface area (Å²) in [7, 11) is 0. The second kappa shape index (κ2) is 10.6. The van der Waals surface area contributed by atoms with Gasteiger partial charge in [0.15, 0.2) is 0 Å². The molecule has 0 aromatic heterocycles. The molecule has 2 aromatic carbocycles. The molecule has 0 heterocycles. The number of hydrogen-bond donors (Lipinski definition) is 0. The van der Waals surface area contributed by atoms with E-state index in [-0.39, 0.29) is 30.1 Å². The standard InChI is InChI=1S/C29H33F3/c1-2-20-3-9-23(10-4-20)26-15-14-25(28(31)18-26)13-5-21-8-16-27(29(32)17-21)24-11-6-22(19-30)7-12-24/h2,5,8,13-18,20,22-24H,1,3-4,6-7,9-12,19H2/b13-5+. The lowest BCUT2D eigenvalue weighted by atomic mass is 9.78. The summed E-state index contributed by atoms with van der Waals surface area (Å²) in [6.45, 7) is 3.62. The molecule has 0 bridgehead atoms. The molecule has 2 saturated carbocycles. The van der Waals surface area contributed by atoms with Crippen molar-refractivity contribution in [3.8, 4) is 0 Å². The van der Waals surface area contributed by atoms with Gasteiger partial charge in [0, 0.05) is 5.56 Å². The fraction of sp³-hybridized carbons (Fsp3) is 0.448. The molecule has 170 valence electrons. The Bertz CT molecular complexity index is 945. The van der Waals surface area contributed by atoms with Gasteiger partial charge in [0.2, 0.25) is 0 Å². The SMILES string of the molecule is C=CC1CCC(c2ccc(/C=C/c3ccc(C4CCC(CF)CC4)c(F)c3)c(F)c2)CC1. The van der Waals surface area contributed by atoms with Gasteiger partial charge in [-0.2, -0.15) is 0 Å². The molecular weight excluding hydrogens is 405 g/mol. The summed E-state index contributed by atoms with van der Waals surface area (Å²) >= 11 is 0. The summed E-state index contributed by atoms with van der Waals surface area (Å²) in [5.41, 5.74) is 3.03. The Morgan fingerprint density at radius 2 is 1.50 bits per heavy atom. The third-order valence-electron chi connectivity index (χ3n) is 7.59. The molecule has 0 nitrogen and oxygen atoms in total. The van der Waals surface area contributed by atoms with Crippen LogP contribution in [0, 0.1) is 23.5 Å². The molecule has 0 unspecified atom stereocenters. The highest BCUT2D eigenvalue weighted by atomic mass is 19.1. The zero-order valence-electron chi connectivity index (χ0n) is 18.7. The van der Waals surface area contributed by atoms with Crippen molar-refractivity contribution in [1.29, 1.82) is 0 Å². The molecule has 32 heavy (non-hydrogen) atoms. The number of allylic oxidation sites excluding steroid dienone is 1.